The molecule has 2 nitrogen and oxygen atoms in total. The number of nitrogens with two attached hydrogens (primary N) is 1. The molecule has 0 radical (unpaired) electrons. The van der Waals surface area contributed by atoms with E-state index in [-0.39, 0.29) is 0 Å². The van der Waals surface area contributed by atoms with Gasteiger partial charge in [-0.15, -0.1) is 11.6 Å². The van der Waals surface area contributed by atoms with Crippen molar-refractivity contribution in [2.24, 2.45) is 5.73 Å². The van der Waals surface area contributed by atoms with E-state index in [1.54, 1.807) is 0 Å². The Morgan fingerprint density at radius 2 is 2.00 bits per heavy atom. The molecule has 0 aliphatic carbocycles. The number of primary amides is 1. The van der Waals surface area contributed by atoms with Crippen molar-refractivity contribution in [2.75, 3.05) is 5.88 Å². The first kappa shape index (κ1) is 8.36. The highest BCUT2D eigenvalue weighted by Crippen LogP contribution is 2.07. The Balaban J connectivity index is 4.35. The van der Waals surface area contributed by atoms with E-state index in [0.29, 0.717) is 0 Å². The lowest BCUT2D eigenvalue weighted by atomic mass is 10.3. The number of hydrogen-bond acceptors (Lipinski definition) is 1. The average molecular weight is 156 g/mol. The lowest BCUT2D eigenvalue weighted by Crippen LogP contribution is -2.15. The SMILES string of the molecule is NC(=O)C(CCl)=C(F)F. The monoisotopic (exact) mass is 155 g/mol. The second kappa shape index (κ2) is 3.40. The van der Waals surface area contributed by atoms with E-state index in [1.807, 2.05) is 0 Å². The second-order valence-corrected chi connectivity index (χ2v) is 1.50. The second-order valence-electron chi connectivity index (χ2n) is 1.24. The van der Waals surface area contributed by atoms with Crippen molar-refractivity contribution in [1.29, 1.82) is 0 Å². The fourth-order valence-corrected chi connectivity index (χ4v) is 0.442. The van der Waals surface area contributed by atoms with E-state index in [1.165, 1.54) is 0 Å². The van der Waals surface area contributed by atoms with E-state index in [2.05, 4.69) is 5.73 Å². The molecular formula is C4H4ClF2NO. The van der Waals surface area contributed by atoms with Crippen LogP contribution < -0.4 is 5.73 Å². The molecule has 0 atom stereocenters. The summed E-state index contributed by atoms with van der Waals surface area (Å²) >= 11 is 4.92. The van der Waals surface area contributed by atoms with Gasteiger partial charge in [-0.25, -0.2) is 0 Å². The maximum absolute atomic E-state index is 11.4. The van der Waals surface area contributed by atoms with Gasteiger partial charge in [-0.3, -0.25) is 4.79 Å². The normalized spacial score (nSPS) is 8.78. The van der Waals surface area contributed by atoms with E-state index in [0.717, 1.165) is 0 Å². The van der Waals surface area contributed by atoms with Crippen LogP contribution in [-0.4, -0.2) is 11.8 Å². The van der Waals surface area contributed by atoms with Gasteiger partial charge in [0.1, 0.15) is 0 Å². The van der Waals surface area contributed by atoms with Crippen molar-refractivity contribution >= 4 is 17.5 Å². The minimum atomic E-state index is -2.11. The number of carbonyl (C=O) groups excluding carboxylic acids is 1. The van der Waals surface area contributed by atoms with Gasteiger partial charge in [0.15, 0.2) is 0 Å². The molecule has 0 unspecified atom stereocenters. The average Bonchev–Trinajstić information content (AvgIpc) is 1.64. The van der Waals surface area contributed by atoms with Crippen LogP contribution in [0.3, 0.4) is 0 Å². The first-order valence-electron chi connectivity index (χ1n) is 1.99. The van der Waals surface area contributed by atoms with Gasteiger partial charge >= 0.3 is 0 Å². The Morgan fingerprint density at radius 1 is 1.56 bits per heavy atom. The molecule has 0 saturated heterocycles. The summed E-state index contributed by atoms with van der Waals surface area (Å²) in [5.74, 6) is -1.72. The third kappa shape index (κ3) is 2.41. The summed E-state index contributed by atoms with van der Waals surface area (Å²) in [5, 5.41) is 0. The quantitative estimate of drug-likeness (QED) is 0.467. The highest BCUT2D eigenvalue weighted by Gasteiger charge is 2.09. The van der Waals surface area contributed by atoms with Crippen molar-refractivity contribution in [3.8, 4) is 0 Å². The Hall–Kier alpha value is -0.640. The Morgan fingerprint density at radius 3 is 2.00 bits per heavy atom. The summed E-state index contributed by atoms with van der Waals surface area (Å²) < 4.78 is 22.9. The molecule has 2 N–H and O–H groups in total. The van der Waals surface area contributed by atoms with Crippen molar-refractivity contribution in [3.05, 3.63) is 11.7 Å². The molecule has 0 aromatic carbocycles. The van der Waals surface area contributed by atoms with E-state index in [9.17, 15) is 13.6 Å². The Labute approximate surface area is 55.3 Å². The molecule has 0 heterocycles. The lowest BCUT2D eigenvalue weighted by Gasteiger charge is -1.91. The molecule has 0 rings (SSSR count). The van der Waals surface area contributed by atoms with Crippen LogP contribution in [0.1, 0.15) is 0 Å². The van der Waals surface area contributed by atoms with Crippen molar-refractivity contribution in [2.45, 2.75) is 0 Å². The molecule has 52 valence electrons. The summed E-state index contributed by atoms with van der Waals surface area (Å²) in [4.78, 5) is 9.97. The summed E-state index contributed by atoms with van der Waals surface area (Å²) in [6, 6.07) is 0. The van der Waals surface area contributed by atoms with Gasteiger partial charge in [0.2, 0.25) is 0 Å². The van der Waals surface area contributed by atoms with Crippen LogP contribution in [0.15, 0.2) is 11.7 Å². The maximum Gasteiger partial charge on any atom is 0.280 e. The van der Waals surface area contributed by atoms with E-state index in [4.69, 9.17) is 11.6 Å². The van der Waals surface area contributed by atoms with Gasteiger partial charge in [0.05, 0.1) is 11.5 Å². The topological polar surface area (TPSA) is 43.1 Å². The summed E-state index contributed by atoms with van der Waals surface area (Å²) in [7, 11) is 0. The predicted molar refractivity (Wildman–Crippen MR) is 29.2 cm³/mol. The first-order valence-corrected chi connectivity index (χ1v) is 2.53. The highest BCUT2D eigenvalue weighted by molar-refractivity contribution is 6.22. The molecule has 9 heavy (non-hydrogen) atoms. The lowest BCUT2D eigenvalue weighted by molar-refractivity contribution is -0.114. The van der Waals surface area contributed by atoms with Crippen molar-refractivity contribution < 1.29 is 13.6 Å². The number of alkyl halides is 1. The van der Waals surface area contributed by atoms with Gasteiger partial charge < -0.3 is 5.73 Å². The van der Waals surface area contributed by atoms with Crippen LogP contribution in [0, 0.1) is 0 Å². The molecule has 0 aliphatic heterocycles. The summed E-state index contributed by atoms with van der Waals surface area (Å²) in [5.41, 5.74) is 3.66. The number of halogens is 3. The van der Waals surface area contributed by atoms with Crippen LogP contribution in [0.2, 0.25) is 0 Å². The molecule has 0 fully saturated rings. The predicted octanol–water partition coefficient (Wildman–Crippen LogP) is 0.861. The minimum absolute atomic E-state index is 0.544. The van der Waals surface area contributed by atoms with Crippen LogP contribution in [-0.2, 0) is 4.79 Å². The van der Waals surface area contributed by atoms with Crippen LogP contribution in [0.4, 0.5) is 8.78 Å². The fraction of sp³-hybridized carbons (Fsp3) is 0.250. The summed E-state index contributed by atoms with van der Waals surface area (Å²) in [6.45, 7) is 0. The van der Waals surface area contributed by atoms with Crippen LogP contribution in [0.5, 0.6) is 0 Å². The van der Waals surface area contributed by atoms with Gasteiger partial charge in [-0.05, 0) is 0 Å². The number of amides is 1. The smallest absolute Gasteiger partial charge is 0.280 e. The highest BCUT2D eigenvalue weighted by atomic mass is 35.5. The zero-order valence-electron chi connectivity index (χ0n) is 4.33. The first-order chi connectivity index (χ1) is 4.09. The molecule has 0 spiro atoms. The van der Waals surface area contributed by atoms with Crippen molar-refractivity contribution in [1.82, 2.24) is 0 Å². The number of hydrogen-bond donors (Lipinski definition) is 1. The molecule has 5 heteroatoms. The zero-order valence-corrected chi connectivity index (χ0v) is 5.08. The molecule has 1 amide bonds. The van der Waals surface area contributed by atoms with E-state index < -0.39 is 23.4 Å². The molecule has 0 aromatic heterocycles. The number of carbonyl (C=O) groups is 1. The fourth-order valence-electron chi connectivity index (χ4n) is 0.209. The molecule has 0 aromatic rings. The van der Waals surface area contributed by atoms with Gasteiger partial charge in [-0.1, -0.05) is 0 Å². The van der Waals surface area contributed by atoms with Gasteiger partial charge in [0, 0.05) is 0 Å². The van der Waals surface area contributed by atoms with Gasteiger partial charge in [-0.2, -0.15) is 8.78 Å². The Kier molecular flexibility index (Phi) is 3.16. The minimum Gasteiger partial charge on any atom is -0.366 e. The maximum atomic E-state index is 11.4. The Bertz CT molecular complexity index is 153. The standard InChI is InChI=1S/C4H4ClF2NO/c5-1-2(3(6)7)4(8)9/h1H2,(H2,8,9). The molecule has 0 saturated carbocycles. The zero-order chi connectivity index (χ0) is 7.44. The molecule has 0 bridgehead atoms. The van der Waals surface area contributed by atoms with Crippen LogP contribution >= 0.6 is 11.6 Å². The molecule has 0 aliphatic rings. The summed E-state index contributed by atoms with van der Waals surface area (Å²) in [6.07, 6.45) is -2.11. The van der Waals surface area contributed by atoms with E-state index >= 15 is 0 Å². The third-order valence-corrected chi connectivity index (χ3v) is 0.926. The third-order valence-electron chi connectivity index (χ3n) is 0.659. The van der Waals surface area contributed by atoms with Crippen LogP contribution in [0.25, 0.3) is 0 Å². The number of rotatable bonds is 2. The molecular weight excluding hydrogens is 151 g/mol. The van der Waals surface area contributed by atoms with Gasteiger partial charge in [0.25, 0.3) is 12.0 Å². The largest absolute Gasteiger partial charge is 0.366 e. The van der Waals surface area contributed by atoms with Crippen molar-refractivity contribution in [3.63, 3.8) is 0 Å².